The van der Waals surface area contributed by atoms with Gasteiger partial charge in [0, 0.05) is 39.3 Å². The van der Waals surface area contributed by atoms with Crippen LogP contribution in [0.1, 0.15) is 12.8 Å². The summed E-state index contributed by atoms with van der Waals surface area (Å²) in [6.07, 6.45) is 2.01. The average molecular weight is 448 g/mol. The maximum absolute atomic E-state index is 12.7. The first kappa shape index (κ1) is 21.9. The zero-order valence-electron chi connectivity index (χ0n) is 17.6. The fraction of sp³-hybridized carbons (Fsp3) is 0.571. The number of rotatable bonds is 9. The molecule has 0 aliphatic carbocycles. The number of nitrogens with zero attached hydrogens (tertiary/aromatic N) is 4. The fourth-order valence-electron chi connectivity index (χ4n) is 3.81. The Bertz CT molecular complexity index is 889. The van der Waals surface area contributed by atoms with Crippen LogP contribution in [-0.4, -0.2) is 88.3 Å². The molecule has 2 saturated heterocycles. The van der Waals surface area contributed by atoms with Crippen molar-refractivity contribution in [3.63, 3.8) is 0 Å². The van der Waals surface area contributed by atoms with Crippen LogP contribution in [0, 0.1) is 0 Å². The lowest BCUT2D eigenvalue weighted by molar-refractivity contribution is -0.130. The van der Waals surface area contributed by atoms with E-state index in [9.17, 15) is 9.59 Å². The monoisotopic (exact) mass is 447 g/mol. The van der Waals surface area contributed by atoms with Crippen LogP contribution in [0.3, 0.4) is 0 Å². The van der Waals surface area contributed by atoms with Crippen LogP contribution in [0.25, 0.3) is 0 Å². The molecule has 2 aliphatic heterocycles. The molecule has 3 heterocycles. The Balaban J connectivity index is 1.18. The summed E-state index contributed by atoms with van der Waals surface area (Å²) in [7, 11) is 0. The highest BCUT2D eigenvalue weighted by atomic mass is 32.2. The third-order valence-electron chi connectivity index (χ3n) is 5.60. The maximum Gasteiger partial charge on any atom is 0.344 e. The number of carbonyl (C=O) groups is 1. The molecule has 10 heteroatoms. The first-order valence-corrected chi connectivity index (χ1v) is 11.7. The van der Waals surface area contributed by atoms with Crippen molar-refractivity contribution in [3.8, 4) is 5.75 Å². The Labute approximate surface area is 185 Å². The first-order chi connectivity index (χ1) is 15.2. The molecule has 0 spiro atoms. The van der Waals surface area contributed by atoms with Crippen LogP contribution in [0.4, 0.5) is 0 Å². The topological polar surface area (TPSA) is 92.7 Å². The molecule has 1 unspecified atom stereocenters. The van der Waals surface area contributed by atoms with Crippen molar-refractivity contribution < 1.29 is 14.3 Å². The first-order valence-electron chi connectivity index (χ1n) is 10.8. The van der Waals surface area contributed by atoms with Crippen molar-refractivity contribution in [1.29, 1.82) is 0 Å². The lowest BCUT2D eigenvalue weighted by Gasteiger charge is -2.34. The molecule has 9 nitrogen and oxygen atoms in total. The van der Waals surface area contributed by atoms with Gasteiger partial charge < -0.3 is 14.4 Å². The Kier molecular flexibility index (Phi) is 7.66. The Hall–Kier alpha value is -2.30. The number of H-pyrrole nitrogens is 1. The third kappa shape index (κ3) is 6.11. The molecule has 1 atom stereocenters. The second-order valence-electron chi connectivity index (χ2n) is 7.73. The van der Waals surface area contributed by atoms with Crippen molar-refractivity contribution in [2.45, 2.75) is 30.6 Å². The van der Waals surface area contributed by atoms with Gasteiger partial charge in [0.15, 0.2) is 5.16 Å². The summed E-state index contributed by atoms with van der Waals surface area (Å²) >= 11 is 1.31. The van der Waals surface area contributed by atoms with Crippen molar-refractivity contribution in [1.82, 2.24) is 24.6 Å². The van der Waals surface area contributed by atoms with Crippen LogP contribution >= 0.6 is 11.8 Å². The molecule has 1 N–H and O–H groups in total. The summed E-state index contributed by atoms with van der Waals surface area (Å²) in [6, 6.07) is 9.80. The summed E-state index contributed by atoms with van der Waals surface area (Å²) in [6.45, 7) is 5.77. The largest absolute Gasteiger partial charge is 0.492 e. The number of hydrogen-bond acceptors (Lipinski definition) is 7. The molecule has 1 aromatic carbocycles. The number of benzene rings is 1. The van der Waals surface area contributed by atoms with E-state index in [4.69, 9.17) is 9.47 Å². The van der Waals surface area contributed by atoms with Gasteiger partial charge >= 0.3 is 5.69 Å². The van der Waals surface area contributed by atoms with Crippen LogP contribution in [0.2, 0.25) is 0 Å². The van der Waals surface area contributed by atoms with Crippen molar-refractivity contribution >= 4 is 17.7 Å². The molecule has 2 fully saturated rings. The van der Waals surface area contributed by atoms with E-state index in [-0.39, 0.29) is 23.5 Å². The summed E-state index contributed by atoms with van der Waals surface area (Å²) in [4.78, 5) is 28.9. The molecule has 1 amide bonds. The van der Waals surface area contributed by atoms with Crippen LogP contribution in [-0.2, 0) is 16.1 Å². The van der Waals surface area contributed by atoms with Crippen LogP contribution < -0.4 is 10.4 Å². The van der Waals surface area contributed by atoms with E-state index in [1.807, 2.05) is 35.2 Å². The molecular weight excluding hydrogens is 418 g/mol. The van der Waals surface area contributed by atoms with Gasteiger partial charge in [-0.2, -0.15) is 0 Å². The van der Waals surface area contributed by atoms with E-state index in [2.05, 4.69) is 15.1 Å². The van der Waals surface area contributed by atoms with Crippen molar-refractivity contribution in [2.24, 2.45) is 0 Å². The average Bonchev–Trinajstić information content (AvgIpc) is 3.44. The molecule has 0 radical (unpaired) electrons. The zero-order chi connectivity index (χ0) is 21.5. The molecule has 31 heavy (non-hydrogen) atoms. The lowest BCUT2D eigenvalue weighted by Crippen LogP contribution is -2.50. The number of carbonyl (C=O) groups excluding carboxylic acids is 1. The van der Waals surface area contributed by atoms with Gasteiger partial charge in [0.05, 0.1) is 18.4 Å². The minimum atomic E-state index is -0.253. The van der Waals surface area contributed by atoms with Gasteiger partial charge in [-0.15, -0.1) is 5.10 Å². The number of ether oxygens (including phenoxy) is 2. The summed E-state index contributed by atoms with van der Waals surface area (Å²) in [5.74, 6) is 1.22. The van der Waals surface area contributed by atoms with Crippen molar-refractivity contribution in [3.05, 3.63) is 40.8 Å². The second kappa shape index (κ2) is 10.8. The maximum atomic E-state index is 12.7. The third-order valence-corrected chi connectivity index (χ3v) is 6.56. The molecule has 2 aliphatic rings. The zero-order valence-corrected chi connectivity index (χ0v) is 18.4. The lowest BCUT2D eigenvalue weighted by atomic mass is 10.2. The van der Waals surface area contributed by atoms with Crippen LogP contribution in [0.5, 0.6) is 5.75 Å². The Morgan fingerprint density at radius 2 is 2.03 bits per heavy atom. The summed E-state index contributed by atoms with van der Waals surface area (Å²) < 4.78 is 13.0. The smallest absolute Gasteiger partial charge is 0.344 e. The molecule has 0 bridgehead atoms. The predicted molar refractivity (Wildman–Crippen MR) is 118 cm³/mol. The summed E-state index contributed by atoms with van der Waals surface area (Å²) in [5, 5.41) is 7.12. The van der Waals surface area contributed by atoms with Gasteiger partial charge in [-0.3, -0.25) is 14.3 Å². The number of amides is 1. The highest BCUT2D eigenvalue weighted by Gasteiger charge is 2.23. The molecular formula is C21H29N5O4S. The molecule has 1 aromatic heterocycles. The number of aromatic nitrogens is 3. The number of nitrogens with one attached hydrogen (secondary N) is 1. The standard InChI is InChI=1S/C21H29N5O4S/c27-19(16-31-21-23-22-20(28)26(21)15-18-7-4-13-29-18)25-10-8-24(9-11-25)12-14-30-17-5-2-1-3-6-17/h1-3,5-6,18H,4,7-16H2,(H,22,28). The van der Waals surface area contributed by atoms with Gasteiger partial charge in [0.1, 0.15) is 12.4 Å². The number of thioether (sulfide) groups is 1. The fourth-order valence-corrected chi connectivity index (χ4v) is 4.67. The number of hydrogen-bond donors (Lipinski definition) is 1. The van der Waals surface area contributed by atoms with E-state index in [1.54, 1.807) is 4.57 Å². The highest BCUT2D eigenvalue weighted by molar-refractivity contribution is 7.99. The predicted octanol–water partition coefficient (Wildman–Crippen LogP) is 1.07. The van der Waals surface area contributed by atoms with Crippen molar-refractivity contribution in [2.75, 3.05) is 51.7 Å². The van der Waals surface area contributed by atoms with Gasteiger partial charge in [0.2, 0.25) is 5.91 Å². The van der Waals surface area contributed by atoms with E-state index in [0.29, 0.717) is 31.4 Å². The molecule has 4 rings (SSSR count). The summed E-state index contributed by atoms with van der Waals surface area (Å²) in [5.41, 5.74) is -0.253. The number of aromatic amines is 1. The second-order valence-corrected chi connectivity index (χ2v) is 8.67. The SMILES string of the molecule is O=C(CSc1n[nH]c(=O)n1CC1CCCO1)N1CCN(CCOc2ccccc2)CC1. The van der Waals surface area contributed by atoms with E-state index in [0.717, 1.165) is 44.8 Å². The number of piperazine rings is 1. The molecule has 0 saturated carbocycles. The van der Waals surface area contributed by atoms with E-state index >= 15 is 0 Å². The van der Waals surface area contributed by atoms with Gasteiger partial charge in [-0.05, 0) is 25.0 Å². The van der Waals surface area contributed by atoms with Crippen LogP contribution in [0.15, 0.2) is 40.3 Å². The van der Waals surface area contributed by atoms with E-state index < -0.39 is 0 Å². The molecule has 168 valence electrons. The molecule has 2 aromatic rings. The Morgan fingerprint density at radius 3 is 2.77 bits per heavy atom. The normalized spacial score (nSPS) is 19.6. The minimum absolute atomic E-state index is 0.0456. The number of para-hydroxylation sites is 1. The highest BCUT2D eigenvalue weighted by Crippen LogP contribution is 2.19. The quantitative estimate of drug-likeness (QED) is 0.575. The van der Waals surface area contributed by atoms with Gasteiger partial charge in [0.25, 0.3) is 0 Å². The van der Waals surface area contributed by atoms with Gasteiger partial charge in [-0.1, -0.05) is 30.0 Å². The minimum Gasteiger partial charge on any atom is -0.492 e. The van der Waals surface area contributed by atoms with E-state index in [1.165, 1.54) is 11.8 Å². The van der Waals surface area contributed by atoms with Gasteiger partial charge in [-0.25, -0.2) is 9.89 Å². The Morgan fingerprint density at radius 1 is 1.23 bits per heavy atom.